The maximum absolute atomic E-state index is 12.0. The molecule has 2 aromatic heterocycles. The molecule has 0 aliphatic carbocycles. The minimum Gasteiger partial charge on any atom is -0.364 e. The number of benzene rings is 1. The number of amides is 2. The van der Waals surface area contributed by atoms with Gasteiger partial charge in [-0.1, -0.05) is 13.5 Å². The van der Waals surface area contributed by atoms with Crippen molar-refractivity contribution in [3.8, 4) is 0 Å². The van der Waals surface area contributed by atoms with E-state index in [1.54, 1.807) is 23.2 Å². The van der Waals surface area contributed by atoms with Crippen LogP contribution in [0.15, 0.2) is 43.2 Å². The fourth-order valence-electron chi connectivity index (χ4n) is 3.89. The highest BCUT2D eigenvalue weighted by atomic mass is 16.2. The smallest absolute Gasteiger partial charge is 0.246 e. The number of carbonyl (C=O) groups is 2. The highest BCUT2D eigenvalue weighted by Gasteiger charge is 2.23. The first-order valence-corrected chi connectivity index (χ1v) is 11.0. The summed E-state index contributed by atoms with van der Waals surface area (Å²) in [5.41, 5.74) is 2.86. The van der Waals surface area contributed by atoms with Gasteiger partial charge in [0.15, 0.2) is 11.5 Å². The molecule has 0 bridgehead atoms. The van der Waals surface area contributed by atoms with Crippen LogP contribution in [-0.2, 0) is 9.59 Å². The van der Waals surface area contributed by atoms with Gasteiger partial charge in [0.1, 0.15) is 5.52 Å². The van der Waals surface area contributed by atoms with Crippen LogP contribution >= 0.6 is 0 Å². The van der Waals surface area contributed by atoms with Crippen LogP contribution in [0.3, 0.4) is 0 Å². The summed E-state index contributed by atoms with van der Waals surface area (Å²) in [4.78, 5) is 43.9. The second-order valence-electron chi connectivity index (χ2n) is 7.95. The number of nitrogens with zero attached hydrogens (tertiary/aromatic N) is 5. The number of imidazole rings is 1. The molecule has 1 aliphatic rings. The Morgan fingerprint density at radius 1 is 1.30 bits per heavy atom. The Hall–Kier alpha value is -3.95. The van der Waals surface area contributed by atoms with Crippen LogP contribution in [0.5, 0.6) is 0 Å². The molecule has 0 radical (unpaired) electrons. The lowest BCUT2D eigenvalue weighted by atomic mass is 10.1. The Kier molecular flexibility index (Phi) is 6.53. The average Bonchev–Trinajstić information content (AvgIpc) is 3.32. The lowest BCUT2D eigenvalue weighted by molar-refractivity contribution is -0.127. The third-order valence-corrected chi connectivity index (χ3v) is 5.71. The Morgan fingerprint density at radius 2 is 2.09 bits per heavy atom. The van der Waals surface area contributed by atoms with Crippen molar-refractivity contribution in [1.29, 1.82) is 0 Å². The normalized spacial score (nSPS) is 15.8. The van der Waals surface area contributed by atoms with Crippen molar-refractivity contribution < 1.29 is 9.59 Å². The van der Waals surface area contributed by atoms with E-state index in [2.05, 4.69) is 37.1 Å². The highest BCUT2D eigenvalue weighted by Crippen LogP contribution is 2.25. The van der Waals surface area contributed by atoms with Gasteiger partial charge >= 0.3 is 0 Å². The maximum atomic E-state index is 12.0. The van der Waals surface area contributed by atoms with Gasteiger partial charge in [-0.2, -0.15) is 9.97 Å². The zero-order valence-corrected chi connectivity index (χ0v) is 18.8. The van der Waals surface area contributed by atoms with Crippen LogP contribution in [0, 0.1) is 0 Å². The number of aromatic nitrogens is 4. The van der Waals surface area contributed by atoms with Crippen LogP contribution in [0.2, 0.25) is 0 Å². The summed E-state index contributed by atoms with van der Waals surface area (Å²) >= 11 is 0. The summed E-state index contributed by atoms with van der Waals surface area (Å²) in [6.07, 6.45) is 5.20. The van der Waals surface area contributed by atoms with Crippen LogP contribution in [0.4, 0.5) is 23.1 Å². The minimum absolute atomic E-state index is 0.0514. The number of nitrogens with one attached hydrogen (secondary N) is 3. The summed E-state index contributed by atoms with van der Waals surface area (Å²) in [7, 11) is 1.76. The topological polar surface area (TPSA) is 119 Å². The Morgan fingerprint density at radius 3 is 2.82 bits per heavy atom. The molecule has 0 spiro atoms. The predicted octanol–water partition coefficient (Wildman–Crippen LogP) is 3.06. The molecule has 2 amide bonds. The Balaban J connectivity index is 1.52. The van der Waals surface area contributed by atoms with Gasteiger partial charge in [0, 0.05) is 44.0 Å². The number of carbonyl (C=O) groups excluding carboxylic acids is 2. The third-order valence-electron chi connectivity index (χ3n) is 5.71. The van der Waals surface area contributed by atoms with Crippen LogP contribution in [0.1, 0.15) is 26.2 Å². The van der Waals surface area contributed by atoms with Crippen LogP contribution in [-0.4, -0.2) is 62.8 Å². The van der Waals surface area contributed by atoms with E-state index in [9.17, 15) is 9.59 Å². The van der Waals surface area contributed by atoms with E-state index in [4.69, 9.17) is 0 Å². The number of fused-ring (bicyclic) bond motifs is 1. The largest absolute Gasteiger partial charge is 0.364 e. The summed E-state index contributed by atoms with van der Waals surface area (Å²) in [5, 5.41) is 6.66. The standard InChI is InChI=1S/C23H28N8O2/c1-4-18(32)30(3)17-10-8-15(9-11-17)27-23-28-21-20(24-14-25-21)22(29-23)26-16-7-6-12-31(13-16)19(33)5-2/h5,8-11,14,16H,2,4,6-7,12-13H2,1,3H3,(H3,24,25,26,27,28,29). The number of aromatic amines is 1. The van der Waals surface area contributed by atoms with E-state index in [0.717, 1.165) is 30.8 Å². The first-order valence-electron chi connectivity index (χ1n) is 11.0. The number of rotatable bonds is 7. The van der Waals surface area contributed by atoms with Gasteiger partial charge in [0.25, 0.3) is 0 Å². The van der Waals surface area contributed by atoms with Crippen LogP contribution < -0.4 is 15.5 Å². The van der Waals surface area contributed by atoms with E-state index >= 15 is 0 Å². The van der Waals surface area contributed by atoms with E-state index in [1.165, 1.54) is 6.08 Å². The molecule has 1 fully saturated rings. The fraction of sp³-hybridized carbons (Fsp3) is 0.348. The van der Waals surface area contributed by atoms with Crippen molar-refractivity contribution in [2.24, 2.45) is 0 Å². The molecule has 3 aromatic rings. The van der Waals surface area contributed by atoms with E-state index < -0.39 is 0 Å². The zero-order valence-electron chi connectivity index (χ0n) is 18.8. The molecule has 33 heavy (non-hydrogen) atoms. The summed E-state index contributed by atoms with van der Waals surface area (Å²) in [5.74, 6) is 1.00. The Labute approximate surface area is 192 Å². The van der Waals surface area contributed by atoms with Gasteiger partial charge in [-0.3, -0.25) is 9.59 Å². The molecule has 1 aromatic carbocycles. The van der Waals surface area contributed by atoms with Crippen molar-refractivity contribution in [2.75, 3.05) is 35.7 Å². The first kappa shape index (κ1) is 22.3. The second kappa shape index (κ2) is 9.68. The molecular weight excluding hydrogens is 420 g/mol. The number of hydrogen-bond acceptors (Lipinski definition) is 7. The fourth-order valence-corrected chi connectivity index (χ4v) is 3.89. The quantitative estimate of drug-likeness (QED) is 0.475. The SMILES string of the molecule is C=CC(=O)N1CCCC(Nc2nc(Nc3ccc(N(C)C(=O)CC)cc3)nc3[nH]cnc23)C1. The summed E-state index contributed by atoms with van der Waals surface area (Å²) < 4.78 is 0. The number of hydrogen-bond donors (Lipinski definition) is 3. The molecule has 1 aliphatic heterocycles. The molecule has 10 nitrogen and oxygen atoms in total. The number of piperidine rings is 1. The van der Waals surface area contributed by atoms with Crippen molar-refractivity contribution in [1.82, 2.24) is 24.8 Å². The number of anilines is 4. The van der Waals surface area contributed by atoms with Crippen molar-refractivity contribution in [2.45, 2.75) is 32.2 Å². The molecule has 10 heteroatoms. The van der Waals surface area contributed by atoms with Gasteiger partial charge in [-0.25, -0.2) is 4.98 Å². The second-order valence-corrected chi connectivity index (χ2v) is 7.95. The molecule has 1 atom stereocenters. The van der Waals surface area contributed by atoms with Gasteiger partial charge in [0.2, 0.25) is 17.8 Å². The monoisotopic (exact) mass is 448 g/mol. The maximum Gasteiger partial charge on any atom is 0.246 e. The van der Waals surface area contributed by atoms with E-state index in [-0.39, 0.29) is 17.9 Å². The number of H-pyrrole nitrogens is 1. The van der Waals surface area contributed by atoms with E-state index in [0.29, 0.717) is 35.9 Å². The third kappa shape index (κ3) is 4.94. The molecular formula is C23H28N8O2. The number of likely N-dealkylation sites (tertiary alicyclic amines) is 1. The highest BCUT2D eigenvalue weighted by molar-refractivity contribution is 5.92. The van der Waals surface area contributed by atoms with Gasteiger partial charge < -0.3 is 25.4 Å². The summed E-state index contributed by atoms with van der Waals surface area (Å²) in [6, 6.07) is 7.55. The predicted molar refractivity (Wildman–Crippen MR) is 129 cm³/mol. The average molecular weight is 449 g/mol. The van der Waals surface area contributed by atoms with Gasteiger partial charge in [-0.15, -0.1) is 0 Å². The summed E-state index contributed by atoms with van der Waals surface area (Å²) in [6.45, 7) is 6.73. The zero-order chi connectivity index (χ0) is 23.4. The molecule has 3 heterocycles. The van der Waals surface area contributed by atoms with E-state index in [1.807, 2.05) is 31.2 Å². The molecule has 1 unspecified atom stereocenters. The molecule has 3 N–H and O–H groups in total. The van der Waals surface area contributed by atoms with Crippen LogP contribution in [0.25, 0.3) is 11.2 Å². The lowest BCUT2D eigenvalue weighted by Gasteiger charge is -2.32. The minimum atomic E-state index is -0.0637. The van der Waals surface area contributed by atoms with Crippen molar-refractivity contribution >= 4 is 46.1 Å². The van der Waals surface area contributed by atoms with Gasteiger partial charge in [0.05, 0.1) is 6.33 Å². The lowest BCUT2D eigenvalue weighted by Crippen LogP contribution is -2.44. The molecule has 4 rings (SSSR count). The van der Waals surface area contributed by atoms with Crippen molar-refractivity contribution in [3.63, 3.8) is 0 Å². The Bertz CT molecular complexity index is 1160. The van der Waals surface area contributed by atoms with Crippen molar-refractivity contribution in [3.05, 3.63) is 43.2 Å². The van der Waals surface area contributed by atoms with Gasteiger partial charge in [-0.05, 0) is 43.2 Å². The molecule has 172 valence electrons. The molecule has 1 saturated heterocycles. The first-order chi connectivity index (χ1) is 16.0. The molecule has 0 saturated carbocycles.